The van der Waals surface area contributed by atoms with Crippen molar-refractivity contribution in [2.24, 2.45) is 0 Å². The van der Waals surface area contributed by atoms with Gasteiger partial charge in [-0.2, -0.15) is 0 Å². The largest absolute Gasteiger partial charge is 0.395 e. The van der Waals surface area contributed by atoms with Crippen LogP contribution in [0.2, 0.25) is 0 Å². The normalized spacial score (nSPS) is 18.3. The molecule has 2 amide bonds. The fourth-order valence-corrected chi connectivity index (χ4v) is 2.66. The topological polar surface area (TPSA) is 72.9 Å². The van der Waals surface area contributed by atoms with Gasteiger partial charge in [-0.05, 0) is 6.07 Å². The Morgan fingerprint density at radius 2 is 2.21 bits per heavy atom. The summed E-state index contributed by atoms with van der Waals surface area (Å²) in [6.45, 7) is 0.859. The van der Waals surface area contributed by atoms with Gasteiger partial charge in [-0.25, -0.2) is 8.78 Å². The average molecular weight is 341 g/mol. The van der Waals surface area contributed by atoms with Crippen LogP contribution in [-0.2, 0) is 16.1 Å². The van der Waals surface area contributed by atoms with Gasteiger partial charge < -0.3 is 15.3 Å². The molecule has 0 unspecified atom stereocenters. The van der Waals surface area contributed by atoms with Crippen molar-refractivity contribution in [2.75, 3.05) is 33.3 Å². The minimum atomic E-state index is -0.940. The van der Waals surface area contributed by atoms with Crippen LogP contribution in [0, 0.1) is 11.6 Å². The van der Waals surface area contributed by atoms with Crippen LogP contribution in [0.3, 0.4) is 0 Å². The predicted octanol–water partition coefficient (Wildman–Crippen LogP) is 0.106. The highest BCUT2D eigenvalue weighted by Crippen LogP contribution is 2.18. The maximum absolute atomic E-state index is 13.9. The number of piperazine rings is 1. The zero-order chi connectivity index (χ0) is 17.7. The fraction of sp³-hybridized carbons (Fsp3) is 0.500. The van der Waals surface area contributed by atoms with E-state index in [2.05, 4.69) is 5.32 Å². The smallest absolute Gasteiger partial charge is 0.237 e. The molecule has 0 spiro atoms. The van der Waals surface area contributed by atoms with E-state index in [1.807, 2.05) is 0 Å². The number of hydrogen-bond donors (Lipinski definition) is 2. The first-order chi connectivity index (χ1) is 11.4. The first kappa shape index (κ1) is 18.3. The molecule has 0 bridgehead atoms. The Morgan fingerprint density at radius 1 is 1.46 bits per heavy atom. The van der Waals surface area contributed by atoms with Crippen molar-refractivity contribution in [3.05, 3.63) is 35.4 Å². The van der Waals surface area contributed by atoms with Crippen LogP contribution in [0.25, 0.3) is 0 Å². The van der Waals surface area contributed by atoms with E-state index in [9.17, 15) is 18.4 Å². The SMILES string of the molecule is CN(CCO)C(=O)C[C@@H]1C(=O)NCCN1Cc1cccc(F)c1F. The summed E-state index contributed by atoms with van der Waals surface area (Å²) in [5.41, 5.74) is 0.144. The number of carbonyl (C=O) groups excluding carboxylic acids is 2. The highest BCUT2D eigenvalue weighted by molar-refractivity contribution is 5.88. The van der Waals surface area contributed by atoms with Gasteiger partial charge in [-0.1, -0.05) is 12.1 Å². The molecule has 1 atom stereocenters. The third-order valence-electron chi connectivity index (χ3n) is 4.08. The van der Waals surface area contributed by atoms with Crippen LogP contribution in [0.5, 0.6) is 0 Å². The molecule has 1 aromatic carbocycles. The molecule has 1 aliphatic rings. The number of hydrogen-bond acceptors (Lipinski definition) is 4. The molecule has 2 rings (SSSR count). The number of aliphatic hydroxyl groups excluding tert-OH is 1. The number of aliphatic hydroxyl groups is 1. The lowest BCUT2D eigenvalue weighted by Gasteiger charge is -2.35. The summed E-state index contributed by atoms with van der Waals surface area (Å²) in [5.74, 6) is -2.49. The van der Waals surface area contributed by atoms with E-state index in [1.165, 1.54) is 24.1 Å². The zero-order valence-electron chi connectivity index (χ0n) is 13.5. The van der Waals surface area contributed by atoms with Gasteiger partial charge in [0.05, 0.1) is 19.1 Å². The molecule has 1 heterocycles. The molecule has 0 radical (unpaired) electrons. The second-order valence-corrected chi connectivity index (χ2v) is 5.73. The van der Waals surface area contributed by atoms with E-state index in [0.717, 1.165) is 6.07 Å². The number of benzene rings is 1. The quantitative estimate of drug-likeness (QED) is 0.770. The molecule has 1 aromatic rings. The molecule has 1 aliphatic heterocycles. The second kappa shape index (κ2) is 8.16. The minimum Gasteiger partial charge on any atom is -0.395 e. The van der Waals surface area contributed by atoms with Gasteiger partial charge in [0, 0.05) is 38.8 Å². The van der Waals surface area contributed by atoms with Crippen molar-refractivity contribution in [1.29, 1.82) is 0 Å². The molecule has 2 N–H and O–H groups in total. The number of nitrogens with one attached hydrogen (secondary N) is 1. The van der Waals surface area contributed by atoms with Gasteiger partial charge in [0.2, 0.25) is 11.8 Å². The van der Waals surface area contributed by atoms with Gasteiger partial charge in [-0.15, -0.1) is 0 Å². The average Bonchev–Trinajstić information content (AvgIpc) is 2.55. The summed E-state index contributed by atoms with van der Waals surface area (Å²) >= 11 is 0. The maximum Gasteiger partial charge on any atom is 0.237 e. The summed E-state index contributed by atoms with van der Waals surface area (Å²) in [5, 5.41) is 11.6. The predicted molar refractivity (Wildman–Crippen MR) is 82.9 cm³/mol. The highest BCUT2D eigenvalue weighted by Gasteiger charge is 2.32. The van der Waals surface area contributed by atoms with E-state index in [4.69, 9.17) is 5.11 Å². The maximum atomic E-state index is 13.9. The van der Waals surface area contributed by atoms with Crippen LogP contribution in [-0.4, -0.2) is 66.1 Å². The molecular weight excluding hydrogens is 320 g/mol. The van der Waals surface area contributed by atoms with Crippen molar-refractivity contribution >= 4 is 11.8 Å². The molecule has 8 heteroatoms. The lowest BCUT2D eigenvalue weighted by Crippen LogP contribution is -2.56. The van der Waals surface area contributed by atoms with Crippen LogP contribution in [0.4, 0.5) is 8.78 Å². The van der Waals surface area contributed by atoms with Crippen LogP contribution in [0.15, 0.2) is 18.2 Å². The molecular formula is C16H21F2N3O3. The first-order valence-electron chi connectivity index (χ1n) is 7.73. The van der Waals surface area contributed by atoms with Crippen LogP contribution in [0.1, 0.15) is 12.0 Å². The third kappa shape index (κ3) is 4.27. The van der Waals surface area contributed by atoms with Crippen molar-refractivity contribution in [3.8, 4) is 0 Å². The molecule has 0 aromatic heterocycles. The number of nitrogens with zero attached hydrogens (tertiary/aromatic N) is 2. The van der Waals surface area contributed by atoms with E-state index >= 15 is 0 Å². The summed E-state index contributed by atoms with van der Waals surface area (Å²) in [6.07, 6.45) is -0.0841. The highest BCUT2D eigenvalue weighted by atomic mass is 19.2. The second-order valence-electron chi connectivity index (χ2n) is 5.73. The number of carbonyl (C=O) groups is 2. The van der Waals surface area contributed by atoms with Crippen molar-refractivity contribution in [1.82, 2.24) is 15.1 Å². The molecule has 132 valence electrons. The molecule has 0 aliphatic carbocycles. The van der Waals surface area contributed by atoms with Gasteiger partial charge in [0.1, 0.15) is 0 Å². The van der Waals surface area contributed by atoms with Gasteiger partial charge in [0.25, 0.3) is 0 Å². The number of halogens is 2. The van der Waals surface area contributed by atoms with Crippen molar-refractivity contribution in [2.45, 2.75) is 19.0 Å². The van der Waals surface area contributed by atoms with Crippen LogP contribution < -0.4 is 5.32 Å². The van der Waals surface area contributed by atoms with E-state index in [1.54, 1.807) is 4.90 Å². The van der Waals surface area contributed by atoms with E-state index in [-0.39, 0.29) is 43.5 Å². The molecule has 6 nitrogen and oxygen atoms in total. The lowest BCUT2D eigenvalue weighted by molar-refractivity contribution is -0.138. The summed E-state index contributed by atoms with van der Waals surface area (Å²) in [4.78, 5) is 27.3. The standard InChI is InChI=1S/C16H21F2N3O3/c1-20(7-8-22)14(23)9-13-16(24)19-5-6-21(13)10-11-3-2-4-12(17)15(11)18/h2-4,13,22H,5-10H2,1H3,(H,19,24)/t13-/m1/s1. The minimum absolute atomic E-state index is 0.0404. The number of likely N-dealkylation sites (N-methyl/N-ethyl adjacent to an activating group) is 1. The Kier molecular flexibility index (Phi) is 6.22. The fourth-order valence-electron chi connectivity index (χ4n) is 2.66. The Hall–Kier alpha value is -2.06. The van der Waals surface area contributed by atoms with E-state index in [0.29, 0.717) is 13.1 Å². The first-order valence-corrected chi connectivity index (χ1v) is 7.73. The Morgan fingerprint density at radius 3 is 2.92 bits per heavy atom. The lowest BCUT2D eigenvalue weighted by atomic mass is 10.1. The summed E-state index contributed by atoms with van der Waals surface area (Å²) in [6, 6.07) is 3.15. The number of rotatable bonds is 6. The van der Waals surface area contributed by atoms with E-state index < -0.39 is 17.7 Å². The molecule has 24 heavy (non-hydrogen) atoms. The van der Waals surface area contributed by atoms with Gasteiger partial charge in [0.15, 0.2) is 11.6 Å². The van der Waals surface area contributed by atoms with Crippen molar-refractivity contribution < 1.29 is 23.5 Å². The van der Waals surface area contributed by atoms with Crippen LogP contribution >= 0.6 is 0 Å². The third-order valence-corrected chi connectivity index (χ3v) is 4.08. The zero-order valence-corrected chi connectivity index (χ0v) is 13.5. The Balaban J connectivity index is 2.12. The number of amides is 2. The molecule has 1 saturated heterocycles. The molecule has 1 fully saturated rings. The monoisotopic (exact) mass is 341 g/mol. The van der Waals surface area contributed by atoms with Crippen molar-refractivity contribution in [3.63, 3.8) is 0 Å². The summed E-state index contributed by atoms with van der Waals surface area (Å²) in [7, 11) is 1.54. The molecule has 0 saturated carbocycles. The van der Waals surface area contributed by atoms with Gasteiger partial charge in [-0.3, -0.25) is 14.5 Å². The Labute approximate surface area is 139 Å². The Bertz CT molecular complexity index is 612. The van der Waals surface area contributed by atoms with Gasteiger partial charge >= 0.3 is 0 Å². The summed E-state index contributed by atoms with van der Waals surface area (Å²) < 4.78 is 27.2.